The molecule has 5 aromatic carbocycles. The molecule has 2 heterocycles. The summed E-state index contributed by atoms with van der Waals surface area (Å²) in [5, 5.41) is 12.5. The number of hydrogen-bond acceptors (Lipinski definition) is 11. The number of ether oxygens (including phenoxy) is 4. The van der Waals surface area contributed by atoms with Crippen LogP contribution in [0.4, 0.5) is 11.4 Å². The van der Waals surface area contributed by atoms with E-state index in [2.05, 4.69) is 65.4 Å². The highest BCUT2D eigenvalue weighted by Gasteiger charge is 2.35. The number of nitrogens with zero attached hydrogens (tertiary/aromatic N) is 5. The Balaban J connectivity index is 1.19. The fourth-order valence-electron chi connectivity index (χ4n) is 8.16. The molecule has 0 saturated heterocycles. The van der Waals surface area contributed by atoms with Crippen LogP contribution in [0.25, 0.3) is 11.4 Å². The number of aliphatic imine (C=N–C) groups is 1. The van der Waals surface area contributed by atoms with Gasteiger partial charge >= 0.3 is 11.3 Å². The van der Waals surface area contributed by atoms with Crippen LogP contribution in [-0.2, 0) is 16.7 Å². The van der Waals surface area contributed by atoms with Crippen molar-refractivity contribution in [2.75, 3.05) is 31.8 Å². The SMILES string of the molecule is COc1ccc(OCCOc2ccc(C(C)(C)CC(C)(C)C)cc2OS(=O)Nc2cc(C(=O)NCOc3ccc(C)cc3C)cc(-c3nc4n(n3)N=C(C(C)(C)C)C4=Nc3ccc(C)cc3)c2)cc1. The van der Waals surface area contributed by atoms with Gasteiger partial charge in [-0.15, -0.1) is 9.89 Å². The van der Waals surface area contributed by atoms with Gasteiger partial charge in [-0.3, -0.25) is 9.52 Å². The topological polar surface area (TPSA) is 160 Å². The molecule has 0 spiro atoms. The first kappa shape index (κ1) is 49.9. The first-order valence-electron chi connectivity index (χ1n) is 22.9. The lowest BCUT2D eigenvalue weighted by Crippen LogP contribution is -2.28. The number of rotatable bonds is 18. The number of anilines is 1. The van der Waals surface area contributed by atoms with Gasteiger partial charge in [-0.25, -0.2) is 9.98 Å². The summed E-state index contributed by atoms with van der Waals surface area (Å²) in [5.74, 6) is 2.97. The summed E-state index contributed by atoms with van der Waals surface area (Å²) in [6.45, 7) is 23.4. The molecule has 69 heavy (non-hydrogen) atoms. The normalized spacial score (nSPS) is 13.6. The van der Waals surface area contributed by atoms with E-state index in [0.717, 1.165) is 45.8 Å². The number of hydrogen-bond donors (Lipinski definition) is 2. The molecule has 1 aliphatic rings. The number of aromatic nitrogens is 3. The molecule has 1 amide bonds. The monoisotopic (exact) mass is 953 g/mol. The Labute approximate surface area is 408 Å². The number of fused-ring (bicyclic) bond motifs is 1. The number of carbonyl (C=O) groups is 1. The lowest BCUT2D eigenvalue weighted by molar-refractivity contribution is 0.0918. The summed E-state index contributed by atoms with van der Waals surface area (Å²) in [4.78, 5) is 25.3. The van der Waals surface area contributed by atoms with Crippen LogP contribution in [0.3, 0.4) is 0 Å². The number of benzene rings is 5. The molecule has 0 saturated carbocycles. The Kier molecular flexibility index (Phi) is 15.0. The molecule has 1 aromatic heterocycles. The first-order chi connectivity index (χ1) is 32.6. The number of aryl methyl sites for hydroxylation is 3. The summed E-state index contributed by atoms with van der Waals surface area (Å²) in [6.07, 6.45) is 0.873. The van der Waals surface area contributed by atoms with Gasteiger partial charge in [0.25, 0.3) is 5.91 Å². The van der Waals surface area contributed by atoms with Crippen molar-refractivity contribution in [2.24, 2.45) is 20.9 Å². The van der Waals surface area contributed by atoms with Crippen molar-refractivity contribution in [1.82, 2.24) is 20.2 Å². The minimum Gasteiger partial charge on any atom is -0.497 e. The van der Waals surface area contributed by atoms with Crippen molar-refractivity contribution in [3.05, 3.63) is 137 Å². The van der Waals surface area contributed by atoms with Gasteiger partial charge in [0.1, 0.15) is 36.2 Å². The number of methoxy groups -OCH3 is 1. The van der Waals surface area contributed by atoms with E-state index in [0.29, 0.717) is 40.0 Å². The standard InChI is InChI=1S/C54H63N7O7S/c1-34-13-17-40(18-14-34)56-47-48(53(7,8)9)58-61-50(47)57-49(59-61)37-28-38(51(62)55-33-67-44-23-15-35(2)27-36(44)3)30-41(29-37)60-69(63)68-46-31-39(54(10,11)32-52(4,5)6)16-24-45(46)66-26-25-65-43-21-19-42(64-12)20-22-43/h13-24,27-31,60H,25-26,32-33H2,1-12H3,(H,55,62). The lowest BCUT2D eigenvalue weighted by atomic mass is 9.72. The van der Waals surface area contributed by atoms with Gasteiger partial charge in [-0.2, -0.15) is 9.31 Å². The van der Waals surface area contributed by atoms with Gasteiger partial charge in [0.15, 0.2) is 24.1 Å². The van der Waals surface area contributed by atoms with E-state index in [9.17, 15) is 9.00 Å². The summed E-state index contributed by atoms with van der Waals surface area (Å²) < 4.78 is 46.7. The summed E-state index contributed by atoms with van der Waals surface area (Å²) in [5.41, 5.74) is 6.59. The average molecular weight is 954 g/mol. The molecular weight excluding hydrogens is 891 g/mol. The van der Waals surface area contributed by atoms with Crippen molar-refractivity contribution < 1.29 is 32.1 Å². The third-order valence-corrected chi connectivity index (χ3v) is 11.9. The molecule has 6 aromatic rings. The Morgan fingerprint density at radius 3 is 2.10 bits per heavy atom. The third kappa shape index (κ3) is 13.0. The molecule has 1 aliphatic heterocycles. The Morgan fingerprint density at radius 1 is 0.739 bits per heavy atom. The summed E-state index contributed by atoms with van der Waals surface area (Å²) in [7, 11) is 1.61. The maximum absolute atomic E-state index is 14.2. The van der Waals surface area contributed by atoms with E-state index in [-0.39, 0.29) is 53.3 Å². The second-order valence-electron chi connectivity index (χ2n) is 20.1. The van der Waals surface area contributed by atoms with Crippen LogP contribution in [0.1, 0.15) is 100 Å². The van der Waals surface area contributed by atoms with E-state index in [1.54, 1.807) is 25.3 Å². The van der Waals surface area contributed by atoms with Crippen molar-refractivity contribution in [1.29, 1.82) is 0 Å². The van der Waals surface area contributed by atoms with Crippen LogP contribution < -0.4 is 33.2 Å². The van der Waals surface area contributed by atoms with E-state index < -0.39 is 17.2 Å². The highest BCUT2D eigenvalue weighted by molar-refractivity contribution is 7.82. The van der Waals surface area contributed by atoms with Crippen LogP contribution in [0.2, 0.25) is 0 Å². The Morgan fingerprint density at radius 2 is 1.42 bits per heavy atom. The van der Waals surface area contributed by atoms with Crippen LogP contribution in [0.15, 0.2) is 113 Å². The van der Waals surface area contributed by atoms with Crippen LogP contribution >= 0.6 is 0 Å². The third-order valence-electron chi connectivity index (χ3n) is 11.2. The quantitative estimate of drug-likeness (QED) is 0.0631. The van der Waals surface area contributed by atoms with Crippen molar-refractivity contribution in [3.63, 3.8) is 0 Å². The molecule has 2 N–H and O–H groups in total. The molecule has 7 rings (SSSR count). The lowest BCUT2D eigenvalue weighted by Gasteiger charge is -2.33. The second kappa shape index (κ2) is 20.7. The van der Waals surface area contributed by atoms with E-state index in [1.165, 1.54) is 4.79 Å². The molecule has 15 heteroatoms. The van der Waals surface area contributed by atoms with Crippen molar-refractivity contribution in [2.45, 2.75) is 88.0 Å². The first-order valence-corrected chi connectivity index (χ1v) is 24.0. The molecule has 362 valence electrons. The molecule has 0 radical (unpaired) electrons. The average Bonchev–Trinajstić information content (AvgIpc) is 3.86. The number of nitrogens with one attached hydrogen (secondary N) is 2. The fraction of sp³-hybridized carbons (Fsp3) is 0.352. The molecule has 14 nitrogen and oxygen atoms in total. The summed E-state index contributed by atoms with van der Waals surface area (Å²) in [6, 6.07) is 31.7. The maximum Gasteiger partial charge on any atom is 0.316 e. The molecule has 0 fully saturated rings. The van der Waals surface area contributed by atoms with Crippen molar-refractivity contribution in [3.8, 4) is 40.1 Å². The zero-order valence-corrected chi connectivity index (χ0v) is 42.5. The fourth-order valence-corrected chi connectivity index (χ4v) is 8.81. The molecule has 1 unspecified atom stereocenters. The van der Waals surface area contributed by atoms with E-state index in [4.69, 9.17) is 43.3 Å². The largest absolute Gasteiger partial charge is 0.497 e. The van der Waals surface area contributed by atoms with Gasteiger partial charge in [-0.05, 0) is 122 Å². The highest BCUT2D eigenvalue weighted by atomic mass is 32.2. The number of amides is 1. The molecule has 0 aliphatic carbocycles. The Hall–Kier alpha value is -7.00. The zero-order valence-electron chi connectivity index (χ0n) is 41.6. The minimum absolute atomic E-state index is 0.0321. The van der Waals surface area contributed by atoms with Crippen LogP contribution in [0, 0.1) is 31.6 Å². The smallest absolute Gasteiger partial charge is 0.316 e. The molecular formula is C54H63N7O7S. The molecule has 1 atom stereocenters. The minimum atomic E-state index is -2.20. The Bertz CT molecular complexity index is 2890. The number of carbonyl (C=O) groups excluding carboxylic acids is 1. The van der Waals surface area contributed by atoms with Crippen molar-refractivity contribution >= 4 is 40.0 Å². The predicted molar refractivity (Wildman–Crippen MR) is 274 cm³/mol. The van der Waals surface area contributed by atoms with Gasteiger partial charge < -0.3 is 28.4 Å². The predicted octanol–water partition coefficient (Wildman–Crippen LogP) is 11.3. The van der Waals surface area contributed by atoms with E-state index in [1.807, 2.05) is 106 Å². The second-order valence-corrected chi connectivity index (χ2v) is 20.9. The van der Waals surface area contributed by atoms with E-state index >= 15 is 0 Å². The van der Waals surface area contributed by atoms with Gasteiger partial charge in [0.2, 0.25) is 5.82 Å². The van der Waals surface area contributed by atoms with Gasteiger partial charge in [0, 0.05) is 16.5 Å². The van der Waals surface area contributed by atoms with Gasteiger partial charge in [-0.1, -0.05) is 96.8 Å². The van der Waals surface area contributed by atoms with Crippen LogP contribution in [0.5, 0.6) is 28.7 Å². The molecule has 0 bridgehead atoms. The summed E-state index contributed by atoms with van der Waals surface area (Å²) >= 11 is -2.20. The van der Waals surface area contributed by atoms with Gasteiger partial charge in [0.05, 0.1) is 24.2 Å². The van der Waals surface area contributed by atoms with Crippen LogP contribution in [-0.4, -0.2) is 63.5 Å². The highest BCUT2D eigenvalue weighted by Crippen LogP contribution is 2.40. The zero-order chi connectivity index (χ0) is 49.7. The maximum atomic E-state index is 14.2.